The van der Waals surface area contributed by atoms with E-state index in [1.165, 1.54) is 57.8 Å². The molecule has 0 fully saturated rings. The lowest BCUT2D eigenvalue weighted by Gasteiger charge is -2.47. The number of nitrogens with zero attached hydrogens (tertiary/aromatic N) is 1. The fourth-order valence-corrected chi connectivity index (χ4v) is 3.54. The van der Waals surface area contributed by atoms with E-state index in [1.807, 2.05) is 0 Å². The minimum atomic E-state index is -0.168. The van der Waals surface area contributed by atoms with E-state index >= 15 is 0 Å². The Balaban J connectivity index is 3.76. The van der Waals surface area contributed by atoms with Crippen molar-refractivity contribution in [2.45, 2.75) is 124 Å². The highest BCUT2D eigenvalue weighted by Crippen LogP contribution is 2.17. The van der Waals surface area contributed by atoms with Gasteiger partial charge in [-0.3, -0.25) is 4.76 Å². The second-order valence-corrected chi connectivity index (χ2v) is 7.43. The monoisotopic (exact) mass is 342 g/mol. The molecule has 1 unspecified atom stereocenters. The summed E-state index contributed by atoms with van der Waals surface area (Å²) in [6.07, 6.45) is 17.5. The summed E-state index contributed by atoms with van der Waals surface area (Å²) in [4.78, 5) is 0. The van der Waals surface area contributed by atoms with Crippen molar-refractivity contribution in [2.24, 2.45) is 0 Å². The Kier molecular flexibility index (Phi) is 16.3. The maximum absolute atomic E-state index is 13.1. The standard InChI is InChI=1S/C21H46N2O/c1-5-9-11-12-13-14-15-16-17-18-19-22-23(24,20-10-6-2)21(7-3)8-4/h21-22H,5-20H2,1-4H3. The van der Waals surface area contributed by atoms with Gasteiger partial charge in [0.15, 0.2) is 0 Å². The topological polar surface area (TPSA) is 35.1 Å². The fourth-order valence-electron chi connectivity index (χ4n) is 3.54. The van der Waals surface area contributed by atoms with Crippen LogP contribution in [0, 0.1) is 5.21 Å². The van der Waals surface area contributed by atoms with Gasteiger partial charge in [-0.15, -0.1) is 0 Å². The van der Waals surface area contributed by atoms with Crippen molar-refractivity contribution in [1.29, 1.82) is 0 Å². The number of hydroxylamine groups is 2. The Labute approximate surface area is 152 Å². The molecule has 0 aromatic heterocycles. The fraction of sp³-hybridized carbons (Fsp3) is 1.00. The van der Waals surface area contributed by atoms with Crippen LogP contribution >= 0.6 is 0 Å². The third kappa shape index (κ3) is 11.4. The van der Waals surface area contributed by atoms with Crippen molar-refractivity contribution in [3.8, 4) is 0 Å². The third-order valence-corrected chi connectivity index (χ3v) is 5.29. The van der Waals surface area contributed by atoms with Crippen molar-refractivity contribution in [3.63, 3.8) is 0 Å². The van der Waals surface area contributed by atoms with Crippen LogP contribution in [0.2, 0.25) is 0 Å². The first-order chi connectivity index (χ1) is 11.6. The summed E-state index contributed by atoms with van der Waals surface area (Å²) in [5, 5.41) is 13.1. The maximum atomic E-state index is 13.1. The van der Waals surface area contributed by atoms with Gasteiger partial charge in [-0.25, -0.2) is 0 Å². The molecule has 0 aromatic carbocycles. The first kappa shape index (κ1) is 23.9. The van der Waals surface area contributed by atoms with Crippen LogP contribution in [0.1, 0.15) is 118 Å². The van der Waals surface area contributed by atoms with E-state index in [9.17, 15) is 5.21 Å². The van der Waals surface area contributed by atoms with E-state index in [2.05, 4.69) is 33.1 Å². The molecule has 24 heavy (non-hydrogen) atoms. The first-order valence-corrected chi connectivity index (χ1v) is 11.0. The SMILES string of the molecule is CCCCCCCCCCCCN[N+]([O-])(CCCC)C(CC)CC. The minimum absolute atomic E-state index is 0.168. The van der Waals surface area contributed by atoms with E-state index in [0.29, 0.717) is 0 Å². The zero-order valence-corrected chi connectivity index (χ0v) is 17.2. The van der Waals surface area contributed by atoms with Crippen molar-refractivity contribution in [2.75, 3.05) is 13.1 Å². The molecule has 0 saturated carbocycles. The molecule has 0 spiro atoms. The Morgan fingerprint density at radius 3 is 1.58 bits per heavy atom. The van der Waals surface area contributed by atoms with Crippen molar-refractivity contribution < 1.29 is 4.76 Å². The summed E-state index contributed by atoms with van der Waals surface area (Å²) < 4.78 is -0.168. The van der Waals surface area contributed by atoms with Crippen LogP contribution in [-0.4, -0.2) is 23.9 Å². The third-order valence-electron chi connectivity index (χ3n) is 5.29. The summed E-state index contributed by atoms with van der Waals surface area (Å²) in [6.45, 7) is 10.3. The van der Waals surface area contributed by atoms with Crippen molar-refractivity contribution in [1.82, 2.24) is 5.43 Å². The minimum Gasteiger partial charge on any atom is -0.611 e. The van der Waals surface area contributed by atoms with Gasteiger partial charge in [-0.05, 0) is 25.7 Å². The molecule has 0 aliphatic heterocycles. The molecule has 0 rings (SSSR count). The molecule has 0 aromatic rings. The van der Waals surface area contributed by atoms with Gasteiger partial charge in [-0.1, -0.05) is 91.9 Å². The van der Waals surface area contributed by atoms with Crippen LogP contribution in [0.3, 0.4) is 0 Å². The van der Waals surface area contributed by atoms with Crippen LogP contribution in [-0.2, 0) is 0 Å². The molecule has 3 heteroatoms. The predicted molar refractivity (Wildman–Crippen MR) is 108 cm³/mol. The molecular weight excluding hydrogens is 296 g/mol. The Bertz CT molecular complexity index is 256. The molecule has 0 amide bonds. The predicted octanol–water partition coefficient (Wildman–Crippen LogP) is 6.72. The summed E-state index contributed by atoms with van der Waals surface area (Å²) in [5.74, 6) is 0. The molecule has 0 aliphatic carbocycles. The van der Waals surface area contributed by atoms with Crippen LogP contribution in [0.25, 0.3) is 0 Å². The van der Waals surface area contributed by atoms with Gasteiger partial charge < -0.3 is 5.21 Å². The van der Waals surface area contributed by atoms with E-state index in [0.717, 1.165) is 45.2 Å². The summed E-state index contributed by atoms with van der Waals surface area (Å²) in [7, 11) is 0. The van der Waals surface area contributed by atoms with Gasteiger partial charge in [0.1, 0.15) is 6.04 Å². The van der Waals surface area contributed by atoms with Crippen molar-refractivity contribution >= 4 is 0 Å². The Morgan fingerprint density at radius 2 is 1.12 bits per heavy atom. The lowest BCUT2D eigenvalue weighted by atomic mass is 10.1. The van der Waals surface area contributed by atoms with Gasteiger partial charge in [-0.2, -0.15) is 5.43 Å². The number of unbranched alkanes of at least 4 members (excludes halogenated alkanes) is 10. The number of quaternary nitrogens is 1. The molecular formula is C21H46N2O. The maximum Gasteiger partial charge on any atom is 0.106 e. The van der Waals surface area contributed by atoms with E-state index < -0.39 is 0 Å². The smallest absolute Gasteiger partial charge is 0.106 e. The Morgan fingerprint density at radius 1 is 0.667 bits per heavy atom. The average Bonchev–Trinajstić information content (AvgIpc) is 2.59. The number of rotatable bonds is 18. The largest absolute Gasteiger partial charge is 0.611 e. The van der Waals surface area contributed by atoms with Crippen LogP contribution in [0.15, 0.2) is 0 Å². The zero-order chi connectivity index (χ0) is 18.1. The number of hydrogen-bond acceptors (Lipinski definition) is 2. The molecule has 1 N–H and O–H groups in total. The second-order valence-electron chi connectivity index (χ2n) is 7.43. The first-order valence-electron chi connectivity index (χ1n) is 11.0. The van der Waals surface area contributed by atoms with Crippen molar-refractivity contribution in [3.05, 3.63) is 5.21 Å². The summed E-state index contributed by atoms with van der Waals surface area (Å²) in [5.41, 5.74) is 3.34. The van der Waals surface area contributed by atoms with Gasteiger partial charge in [0.05, 0.1) is 6.54 Å². The van der Waals surface area contributed by atoms with Crippen LogP contribution in [0.4, 0.5) is 0 Å². The molecule has 0 aliphatic rings. The lowest BCUT2D eigenvalue weighted by Crippen LogP contribution is -2.60. The molecule has 146 valence electrons. The van der Waals surface area contributed by atoms with E-state index in [1.54, 1.807) is 0 Å². The summed E-state index contributed by atoms with van der Waals surface area (Å²) >= 11 is 0. The highest BCUT2D eigenvalue weighted by atomic mass is 16.6. The molecule has 0 radical (unpaired) electrons. The normalized spacial score (nSPS) is 14.2. The molecule has 3 nitrogen and oxygen atoms in total. The average molecular weight is 343 g/mol. The molecule has 0 bridgehead atoms. The highest BCUT2D eigenvalue weighted by Gasteiger charge is 2.25. The lowest BCUT2D eigenvalue weighted by molar-refractivity contribution is -0.948. The van der Waals surface area contributed by atoms with Gasteiger partial charge in [0.25, 0.3) is 0 Å². The zero-order valence-electron chi connectivity index (χ0n) is 17.2. The highest BCUT2D eigenvalue weighted by molar-refractivity contribution is 4.57. The van der Waals surface area contributed by atoms with Crippen LogP contribution in [0.5, 0.6) is 0 Å². The van der Waals surface area contributed by atoms with Gasteiger partial charge in [0, 0.05) is 6.54 Å². The quantitative estimate of drug-likeness (QED) is 0.170. The van der Waals surface area contributed by atoms with E-state index in [4.69, 9.17) is 0 Å². The van der Waals surface area contributed by atoms with Gasteiger partial charge in [0.2, 0.25) is 0 Å². The Hall–Kier alpha value is -0.120. The molecule has 1 atom stereocenters. The molecule has 0 heterocycles. The van der Waals surface area contributed by atoms with E-state index in [-0.39, 0.29) is 10.8 Å². The number of hydrogen-bond donors (Lipinski definition) is 1. The van der Waals surface area contributed by atoms with Gasteiger partial charge >= 0.3 is 0 Å². The number of nitrogens with one attached hydrogen (secondary N) is 1. The second kappa shape index (κ2) is 16.4. The summed E-state index contributed by atoms with van der Waals surface area (Å²) in [6, 6.07) is 0.208. The van der Waals surface area contributed by atoms with Crippen LogP contribution < -0.4 is 5.43 Å². The molecule has 0 saturated heterocycles.